The van der Waals surface area contributed by atoms with E-state index in [9.17, 15) is 4.79 Å². The molecule has 1 rings (SSSR count). The Hall–Kier alpha value is -0.960. The van der Waals surface area contributed by atoms with E-state index in [1.54, 1.807) is 12.1 Å². The van der Waals surface area contributed by atoms with Crippen LogP contribution in [0.15, 0.2) is 12.1 Å². The molecular weight excluding hydrogens is 278 g/mol. The fraction of sp³-hybridized carbons (Fsp3) is 0.500. The van der Waals surface area contributed by atoms with Crippen molar-refractivity contribution >= 4 is 29.0 Å². The van der Waals surface area contributed by atoms with E-state index < -0.39 is 0 Å². The summed E-state index contributed by atoms with van der Waals surface area (Å²) in [5, 5.41) is 11.6. The van der Waals surface area contributed by atoms with Crippen LogP contribution in [0.1, 0.15) is 34.8 Å². The van der Waals surface area contributed by atoms with Gasteiger partial charge in [0.05, 0.1) is 9.75 Å². The van der Waals surface area contributed by atoms with Gasteiger partial charge in [-0.1, -0.05) is 18.8 Å². The number of hydrogen-bond donors (Lipinski definition) is 2. The van der Waals surface area contributed by atoms with Crippen molar-refractivity contribution in [3.63, 3.8) is 0 Å². The minimum Gasteiger partial charge on any atom is -0.384 e. The number of aliphatic hydroxyl groups is 1. The van der Waals surface area contributed by atoms with Crippen LogP contribution in [0.5, 0.6) is 0 Å². The molecule has 19 heavy (non-hydrogen) atoms. The molecule has 1 unspecified atom stereocenters. The van der Waals surface area contributed by atoms with Gasteiger partial charge in [0.1, 0.15) is 6.61 Å². The van der Waals surface area contributed by atoms with Crippen LogP contribution in [0, 0.1) is 11.8 Å². The number of aliphatic hydroxyl groups excluding tert-OH is 1. The second-order valence-electron chi connectivity index (χ2n) is 3.98. The molecule has 2 N–H and O–H groups in total. The van der Waals surface area contributed by atoms with Gasteiger partial charge in [-0.15, -0.1) is 11.3 Å². The van der Waals surface area contributed by atoms with Crippen LogP contribution in [0.25, 0.3) is 0 Å². The highest BCUT2D eigenvalue weighted by molar-refractivity contribution is 7.99. The standard InChI is InChI=1S/C14H19NO2S2/c1-3-18-10-8-11(2)15-14(17)13-7-6-12(19-13)5-4-9-16/h6-7,11,16H,3,8-10H2,1-2H3,(H,15,17). The quantitative estimate of drug-likeness (QED) is 0.626. The van der Waals surface area contributed by atoms with Gasteiger partial charge in [-0.3, -0.25) is 4.79 Å². The molecule has 0 saturated carbocycles. The van der Waals surface area contributed by atoms with Crippen LogP contribution >= 0.6 is 23.1 Å². The molecule has 1 aromatic rings. The Kier molecular flexibility index (Phi) is 7.65. The maximum atomic E-state index is 12.0. The van der Waals surface area contributed by atoms with Crippen molar-refractivity contribution in [2.45, 2.75) is 26.3 Å². The Labute approximate surface area is 122 Å². The van der Waals surface area contributed by atoms with E-state index in [4.69, 9.17) is 5.11 Å². The highest BCUT2D eigenvalue weighted by Gasteiger charge is 2.11. The lowest BCUT2D eigenvalue weighted by atomic mass is 10.2. The predicted molar refractivity (Wildman–Crippen MR) is 82.8 cm³/mol. The molecule has 5 heteroatoms. The highest BCUT2D eigenvalue weighted by atomic mass is 32.2. The number of thioether (sulfide) groups is 1. The van der Waals surface area contributed by atoms with Gasteiger partial charge in [0.25, 0.3) is 5.91 Å². The van der Waals surface area contributed by atoms with Crippen LogP contribution in [0.3, 0.4) is 0 Å². The van der Waals surface area contributed by atoms with E-state index in [2.05, 4.69) is 24.1 Å². The molecular formula is C14H19NO2S2. The average Bonchev–Trinajstić information content (AvgIpc) is 2.85. The molecule has 1 heterocycles. The zero-order valence-corrected chi connectivity index (χ0v) is 12.9. The fourth-order valence-electron chi connectivity index (χ4n) is 1.43. The first-order valence-electron chi connectivity index (χ1n) is 6.25. The summed E-state index contributed by atoms with van der Waals surface area (Å²) in [6.07, 6.45) is 0.979. The van der Waals surface area contributed by atoms with E-state index in [0.29, 0.717) is 4.88 Å². The summed E-state index contributed by atoms with van der Waals surface area (Å²) in [6, 6.07) is 3.76. The third-order valence-corrected chi connectivity index (χ3v) is 4.33. The number of carbonyl (C=O) groups excluding carboxylic acids is 1. The third kappa shape index (κ3) is 6.15. The maximum Gasteiger partial charge on any atom is 0.261 e. The lowest BCUT2D eigenvalue weighted by molar-refractivity contribution is 0.0943. The Morgan fingerprint density at radius 1 is 1.58 bits per heavy atom. The van der Waals surface area contributed by atoms with Gasteiger partial charge >= 0.3 is 0 Å². The highest BCUT2D eigenvalue weighted by Crippen LogP contribution is 2.15. The summed E-state index contributed by atoms with van der Waals surface area (Å²) in [6.45, 7) is 3.99. The zero-order chi connectivity index (χ0) is 14.1. The molecule has 3 nitrogen and oxygen atoms in total. The molecule has 0 aromatic carbocycles. The largest absolute Gasteiger partial charge is 0.384 e. The SMILES string of the molecule is CCSCCC(C)NC(=O)c1ccc(C#CCO)s1. The smallest absolute Gasteiger partial charge is 0.261 e. The van der Waals surface area contributed by atoms with Crippen LogP contribution in [-0.4, -0.2) is 35.2 Å². The minimum atomic E-state index is -0.161. The van der Waals surface area contributed by atoms with E-state index in [-0.39, 0.29) is 18.6 Å². The first kappa shape index (κ1) is 16.1. The molecule has 0 aliphatic carbocycles. The van der Waals surface area contributed by atoms with Crippen LogP contribution in [0.4, 0.5) is 0 Å². The summed E-state index contributed by atoms with van der Waals surface area (Å²) in [5.41, 5.74) is 0. The molecule has 0 aliphatic rings. The molecule has 0 saturated heterocycles. The van der Waals surface area contributed by atoms with Gasteiger partial charge in [-0.05, 0) is 37.0 Å². The Morgan fingerprint density at radius 3 is 3.05 bits per heavy atom. The monoisotopic (exact) mass is 297 g/mol. The van der Waals surface area contributed by atoms with E-state index >= 15 is 0 Å². The second-order valence-corrected chi connectivity index (χ2v) is 6.46. The normalized spacial score (nSPS) is 11.5. The maximum absolute atomic E-state index is 12.0. The first-order chi connectivity index (χ1) is 9.17. The van der Waals surface area contributed by atoms with E-state index in [0.717, 1.165) is 22.8 Å². The van der Waals surface area contributed by atoms with E-state index in [1.165, 1.54) is 11.3 Å². The lowest BCUT2D eigenvalue weighted by Gasteiger charge is -2.12. The topological polar surface area (TPSA) is 49.3 Å². The van der Waals surface area contributed by atoms with Crippen LogP contribution in [0.2, 0.25) is 0 Å². The van der Waals surface area contributed by atoms with Gasteiger partial charge in [-0.25, -0.2) is 0 Å². The lowest BCUT2D eigenvalue weighted by Crippen LogP contribution is -2.32. The van der Waals surface area contributed by atoms with Crippen molar-refractivity contribution < 1.29 is 9.90 Å². The number of carbonyl (C=O) groups is 1. The molecule has 0 aliphatic heterocycles. The second kappa shape index (κ2) is 9.03. The van der Waals surface area contributed by atoms with Crippen molar-refractivity contribution in [1.82, 2.24) is 5.32 Å². The summed E-state index contributed by atoms with van der Waals surface area (Å²) >= 11 is 3.23. The minimum absolute atomic E-state index is 0.0453. The van der Waals surface area contributed by atoms with Gasteiger partial charge < -0.3 is 10.4 Å². The van der Waals surface area contributed by atoms with E-state index in [1.807, 2.05) is 18.7 Å². The van der Waals surface area contributed by atoms with Crippen molar-refractivity contribution in [3.05, 3.63) is 21.9 Å². The molecule has 0 spiro atoms. The Bertz CT molecular complexity index is 460. The third-order valence-electron chi connectivity index (χ3n) is 2.40. The fourth-order valence-corrected chi connectivity index (χ4v) is 3.02. The molecule has 0 bridgehead atoms. The summed E-state index contributed by atoms with van der Waals surface area (Å²) in [4.78, 5) is 13.4. The number of amides is 1. The average molecular weight is 297 g/mol. The van der Waals surface area contributed by atoms with Gasteiger partial charge in [0.2, 0.25) is 0 Å². The van der Waals surface area contributed by atoms with Gasteiger partial charge in [0, 0.05) is 6.04 Å². The van der Waals surface area contributed by atoms with Crippen molar-refractivity contribution in [1.29, 1.82) is 0 Å². The predicted octanol–water partition coefficient (Wildman–Crippen LogP) is 2.35. The van der Waals surface area contributed by atoms with Gasteiger partial charge in [-0.2, -0.15) is 11.8 Å². The number of rotatable bonds is 6. The molecule has 0 radical (unpaired) electrons. The zero-order valence-electron chi connectivity index (χ0n) is 11.2. The summed E-state index contributed by atoms with van der Waals surface area (Å²) in [7, 11) is 0. The molecule has 0 fully saturated rings. The number of nitrogens with one attached hydrogen (secondary N) is 1. The molecule has 1 amide bonds. The Morgan fingerprint density at radius 2 is 2.37 bits per heavy atom. The number of thiophene rings is 1. The summed E-state index contributed by atoms with van der Waals surface area (Å²) < 4.78 is 0. The van der Waals surface area contributed by atoms with Crippen molar-refractivity contribution in [2.24, 2.45) is 0 Å². The van der Waals surface area contributed by atoms with Crippen molar-refractivity contribution in [2.75, 3.05) is 18.1 Å². The number of hydrogen-bond acceptors (Lipinski definition) is 4. The van der Waals surface area contributed by atoms with Crippen LogP contribution in [-0.2, 0) is 0 Å². The van der Waals surface area contributed by atoms with Gasteiger partial charge in [0.15, 0.2) is 0 Å². The molecule has 1 aromatic heterocycles. The van der Waals surface area contributed by atoms with Crippen LogP contribution < -0.4 is 5.32 Å². The molecule has 104 valence electrons. The first-order valence-corrected chi connectivity index (χ1v) is 8.22. The van der Waals surface area contributed by atoms with Crippen molar-refractivity contribution in [3.8, 4) is 11.8 Å². The summed E-state index contributed by atoms with van der Waals surface area (Å²) in [5.74, 6) is 7.50. The Balaban J connectivity index is 2.46. The molecule has 1 atom stereocenters.